The van der Waals surface area contributed by atoms with Gasteiger partial charge in [-0.25, -0.2) is 4.39 Å². The lowest BCUT2D eigenvalue weighted by atomic mass is 10.1. The van der Waals surface area contributed by atoms with E-state index in [-0.39, 0.29) is 24.3 Å². The number of ether oxygens (including phenoxy) is 1. The Morgan fingerprint density at radius 2 is 1.88 bits per heavy atom. The Hall–Kier alpha value is -1.13. The van der Waals surface area contributed by atoms with Gasteiger partial charge in [0, 0.05) is 0 Å². The monoisotopic (exact) mass is 261 g/mol. The molecule has 0 aliphatic heterocycles. The summed E-state index contributed by atoms with van der Waals surface area (Å²) in [5.74, 6) is -0.735. The molecule has 0 fully saturated rings. The van der Waals surface area contributed by atoms with Crippen LogP contribution in [0.3, 0.4) is 0 Å². The van der Waals surface area contributed by atoms with Crippen molar-refractivity contribution >= 4 is 18.4 Å². The predicted octanol–water partition coefficient (Wildman–Crippen LogP) is 2.07. The molecule has 1 atom stereocenters. The van der Waals surface area contributed by atoms with Gasteiger partial charge in [0.15, 0.2) is 0 Å². The molecule has 0 heterocycles. The molecule has 0 saturated heterocycles. The summed E-state index contributed by atoms with van der Waals surface area (Å²) in [7, 11) is 0. The van der Waals surface area contributed by atoms with E-state index in [9.17, 15) is 9.18 Å². The highest BCUT2D eigenvalue weighted by Gasteiger charge is 2.16. The number of rotatable bonds is 4. The van der Waals surface area contributed by atoms with Crippen LogP contribution in [0.5, 0.6) is 0 Å². The molecule has 0 aromatic heterocycles. The fourth-order valence-electron chi connectivity index (χ4n) is 1.28. The number of carbonyl (C=O) groups is 1. The van der Waals surface area contributed by atoms with Crippen LogP contribution in [-0.2, 0) is 16.0 Å². The highest BCUT2D eigenvalue weighted by Crippen LogP contribution is 2.06. The second-order valence-corrected chi connectivity index (χ2v) is 3.92. The molecule has 0 aliphatic carbocycles. The second-order valence-electron chi connectivity index (χ2n) is 3.92. The van der Waals surface area contributed by atoms with Gasteiger partial charge < -0.3 is 10.5 Å². The fourth-order valence-corrected chi connectivity index (χ4v) is 1.28. The molecule has 0 amide bonds. The Morgan fingerprint density at radius 1 is 1.35 bits per heavy atom. The van der Waals surface area contributed by atoms with E-state index in [0.29, 0.717) is 6.42 Å². The summed E-state index contributed by atoms with van der Waals surface area (Å²) in [5, 5.41) is 0. The lowest BCUT2D eigenvalue weighted by Gasteiger charge is -2.13. The fraction of sp³-hybridized carbons (Fsp3) is 0.417. The average Bonchev–Trinajstić information content (AvgIpc) is 2.20. The molecule has 1 rings (SSSR count). The minimum Gasteiger partial charge on any atom is -0.462 e. The van der Waals surface area contributed by atoms with Crippen LogP contribution in [-0.4, -0.2) is 18.1 Å². The highest BCUT2D eigenvalue weighted by molar-refractivity contribution is 5.85. The van der Waals surface area contributed by atoms with Crippen molar-refractivity contribution < 1.29 is 13.9 Å². The Balaban J connectivity index is 0.00000256. The average molecular weight is 262 g/mol. The van der Waals surface area contributed by atoms with Crippen LogP contribution >= 0.6 is 12.4 Å². The molecule has 1 aromatic rings. The number of esters is 1. The molecular formula is C12H17ClFNO2. The van der Waals surface area contributed by atoms with E-state index < -0.39 is 12.0 Å². The summed E-state index contributed by atoms with van der Waals surface area (Å²) in [6.07, 6.45) is 0.179. The standard InChI is InChI=1S/C12H16FNO2.ClH/c1-8(2)16-12(15)11(14)7-9-3-5-10(13)6-4-9;/h3-6,8,11H,7,14H2,1-2H3;1H. The van der Waals surface area contributed by atoms with E-state index in [4.69, 9.17) is 10.5 Å². The van der Waals surface area contributed by atoms with E-state index in [0.717, 1.165) is 5.56 Å². The van der Waals surface area contributed by atoms with Crippen LogP contribution < -0.4 is 5.73 Å². The molecule has 96 valence electrons. The van der Waals surface area contributed by atoms with Crippen LogP contribution in [0.25, 0.3) is 0 Å². The molecular weight excluding hydrogens is 245 g/mol. The summed E-state index contributed by atoms with van der Waals surface area (Å²) in [4.78, 5) is 11.4. The molecule has 3 nitrogen and oxygen atoms in total. The van der Waals surface area contributed by atoms with Crippen LogP contribution in [0.4, 0.5) is 4.39 Å². The van der Waals surface area contributed by atoms with Gasteiger partial charge in [0.05, 0.1) is 6.10 Å². The quantitative estimate of drug-likeness (QED) is 0.845. The van der Waals surface area contributed by atoms with Crippen molar-refractivity contribution in [2.24, 2.45) is 5.73 Å². The third-order valence-electron chi connectivity index (χ3n) is 2.02. The molecule has 1 unspecified atom stereocenters. The number of hydrogen-bond acceptors (Lipinski definition) is 3. The maximum atomic E-state index is 12.6. The minimum absolute atomic E-state index is 0. The molecule has 0 bridgehead atoms. The summed E-state index contributed by atoms with van der Waals surface area (Å²) in [6.45, 7) is 3.53. The maximum absolute atomic E-state index is 12.6. The van der Waals surface area contributed by atoms with Gasteiger partial charge in [0.2, 0.25) is 0 Å². The van der Waals surface area contributed by atoms with Gasteiger partial charge >= 0.3 is 5.97 Å². The minimum atomic E-state index is -0.701. The van der Waals surface area contributed by atoms with Crippen LogP contribution in [0.1, 0.15) is 19.4 Å². The van der Waals surface area contributed by atoms with E-state index in [1.165, 1.54) is 12.1 Å². The van der Waals surface area contributed by atoms with E-state index in [1.54, 1.807) is 26.0 Å². The molecule has 17 heavy (non-hydrogen) atoms. The van der Waals surface area contributed by atoms with E-state index in [1.807, 2.05) is 0 Å². The largest absolute Gasteiger partial charge is 0.462 e. The van der Waals surface area contributed by atoms with Crippen molar-refractivity contribution in [2.75, 3.05) is 0 Å². The van der Waals surface area contributed by atoms with Gasteiger partial charge in [-0.2, -0.15) is 0 Å². The van der Waals surface area contributed by atoms with Gasteiger partial charge in [0.1, 0.15) is 11.9 Å². The molecule has 0 spiro atoms. The summed E-state index contributed by atoms with van der Waals surface area (Å²) in [6, 6.07) is 5.20. The lowest BCUT2D eigenvalue weighted by Crippen LogP contribution is -2.35. The van der Waals surface area contributed by atoms with Crippen molar-refractivity contribution in [3.63, 3.8) is 0 Å². The van der Waals surface area contributed by atoms with Gasteiger partial charge in [-0.3, -0.25) is 4.79 Å². The van der Waals surface area contributed by atoms with Gasteiger partial charge in [-0.1, -0.05) is 12.1 Å². The summed E-state index contributed by atoms with van der Waals surface area (Å²) < 4.78 is 17.6. The van der Waals surface area contributed by atoms with Crippen LogP contribution in [0.15, 0.2) is 24.3 Å². The molecule has 0 saturated carbocycles. The maximum Gasteiger partial charge on any atom is 0.323 e. The second kappa shape index (κ2) is 7.25. The summed E-state index contributed by atoms with van der Waals surface area (Å²) >= 11 is 0. The van der Waals surface area contributed by atoms with Crippen LogP contribution in [0, 0.1) is 5.82 Å². The normalized spacial score (nSPS) is 11.8. The van der Waals surface area contributed by atoms with Crippen molar-refractivity contribution in [3.05, 3.63) is 35.6 Å². The predicted molar refractivity (Wildman–Crippen MR) is 66.6 cm³/mol. The smallest absolute Gasteiger partial charge is 0.323 e. The van der Waals surface area contributed by atoms with Crippen LogP contribution in [0.2, 0.25) is 0 Å². The third-order valence-corrected chi connectivity index (χ3v) is 2.02. The zero-order chi connectivity index (χ0) is 12.1. The Bertz CT molecular complexity index is 354. The Labute approximate surface area is 107 Å². The molecule has 2 N–H and O–H groups in total. The highest BCUT2D eigenvalue weighted by atomic mass is 35.5. The molecule has 1 aromatic carbocycles. The van der Waals surface area contributed by atoms with Gasteiger partial charge in [-0.05, 0) is 38.0 Å². The van der Waals surface area contributed by atoms with Gasteiger partial charge in [-0.15, -0.1) is 12.4 Å². The Morgan fingerprint density at radius 3 is 2.35 bits per heavy atom. The van der Waals surface area contributed by atoms with E-state index >= 15 is 0 Å². The molecule has 0 aliphatic rings. The lowest BCUT2D eigenvalue weighted by molar-refractivity contribution is -0.148. The van der Waals surface area contributed by atoms with Crippen molar-refractivity contribution in [1.29, 1.82) is 0 Å². The number of hydrogen-bond donors (Lipinski definition) is 1. The zero-order valence-corrected chi connectivity index (χ0v) is 10.7. The zero-order valence-electron chi connectivity index (χ0n) is 9.85. The topological polar surface area (TPSA) is 52.3 Å². The number of benzene rings is 1. The number of carbonyl (C=O) groups excluding carboxylic acids is 1. The number of nitrogens with two attached hydrogens (primary N) is 1. The first-order valence-electron chi connectivity index (χ1n) is 5.19. The molecule has 0 radical (unpaired) electrons. The van der Waals surface area contributed by atoms with Crippen molar-refractivity contribution in [1.82, 2.24) is 0 Å². The number of halogens is 2. The Kier molecular flexibility index (Phi) is 6.76. The molecule has 5 heteroatoms. The van der Waals surface area contributed by atoms with Gasteiger partial charge in [0.25, 0.3) is 0 Å². The first kappa shape index (κ1) is 15.9. The first-order chi connectivity index (χ1) is 7.49. The third kappa shape index (κ3) is 5.65. The van der Waals surface area contributed by atoms with Crippen molar-refractivity contribution in [3.8, 4) is 0 Å². The van der Waals surface area contributed by atoms with E-state index in [2.05, 4.69) is 0 Å². The first-order valence-corrected chi connectivity index (χ1v) is 5.19. The van der Waals surface area contributed by atoms with Crippen molar-refractivity contribution in [2.45, 2.75) is 32.4 Å². The SMILES string of the molecule is CC(C)OC(=O)C(N)Cc1ccc(F)cc1.Cl. The summed E-state index contributed by atoms with van der Waals surface area (Å²) in [5.41, 5.74) is 6.48.